The van der Waals surface area contributed by atoms with Gasteiger partial charge in [-0.15, -0.1) is 0 Å². The van der Waals surface area contributed by atoms with Crippen LogP contribution in [-0.2, 0) is 0 Å². The van der Waals surface area contributed by atoms with Crippen molar-refractivity contribution in [1.82, 2.24) is 4.98 Å². The lowest BCUT2D eigenvalue weighted by molar-refractivity contribution is -0.384. The van der Waals surface area contributed by atoms with Crippen molar-refractivity contribution < 1.29 is 19.2 Å². The van der Waals surface area contributed by atoms with E-state index in [2.05, 4.69) is 4.98 Å². The Morgan fingerprint density at radius 3 is 2.58 bits per heavy atom. The molecule has 2 aromatic heterocycles. The Balaban J connectivity index is 1.65. The standard InChI is InChI=1S/C22H12Cl2N2O5/c23-12-1-7-20-17(9-12)18(22(27)28)10-13(25-20)2-4-15-5-8-21(31-15)16-6-3-14(26(29)30)11-19(16)24/h1-11H,(H,27,28)/b4-2+. The first-order chi connectivity index (χ1) is 14.8. The molecule has 2 heterocycles. The zero-order chi connectivity index (χ0) is 22.1. The maximum absolute atomic E-state index is 11.6. The van der Waals surface area contributed by atoms with Crippen molar-refractivity contribution >= 4 is 57.9 Å². The van der Waals surface area contributed by atoms with Crippen molar-refractivity contribution in [3.05, 3.63) is 91.8 Å². The van der Waals surface area contributed by atoms with E-state index in [0.717, 1.165) is 0 Å². The maximum Gasteiger partial charge on any atom is 0.336 e. The van der Waals surface area contributed by atoms with Crippen molar-refractivity contribution in [1.29, 1.82) is 0 Å². The predicted octanol–water partition coefficient (Wildman–Crippen LogP) is 6.58. The van der Waals surface area contributed by atoms with Gasteiger partial charge in [-0.2, -0.15) is 0 Å². The number of fused-ring (bicyclic) bond motifs is 1. The summed E-state index contributed by atoms with van der Waals surface area (Å²) in [4.78, 5) is 26.4. The molecule has 7 nitrogen and oxygen atoms in total. The second-order valence-corrected chi connectivity index (χ2v) is 7.36. The minimum atomic E-state index is -1.09. The molecule has 2 aromatic carbocycles. The van der Waals surface area contributed by atoms with E-state index in [0.29, 0.717) is 38.7 Å². The molecule has 0 bridgehead atoms. The topological polar surface area (TPSA) is 106 Å². The molecular weight excluding hydrogens is 443 g/mol. The van der Waals surface area contributed by atoms with Gasteiger partial charge in [0.25, 0.3) is 5.69 Å². The molecule has 0 radical (unpaired) electrons. The third kappa shape index (κ3) is 4.28. The molecule has 0 aliphatic heterocycles. The third-order valence-electron chi connectivity index (χ3n) is 4.50. The Morgan fingerprint density at radius 2 is 1.87 bits per heavy atom. The Bertz CT molecular complexity index is 1380. The highest BCUT2D eigenvalue weighted by Crippen LogP contribution is 2.32. The number of aromatic nitrogens is 1. The van der Waals surface area contributed by atoms with Gasteiger partial charge in [-0.05, 0) is 54.6 Å². The van der Waals surface area contributed by atoms with Crippen LogP contribution in [0.4, 0.5) is 5.69 Å². The van der Waals surface area contributed by atoms with Gasteiger partial charge in [0.2, 0.25) is 0 Å². The van der Waals surface area contributed by atoms with Gasteiger partial charge in [-0.3, -0.25) is 10.1 Å². The van der Waals surface area contributed by atoms with Crippen molar-refractivity contribution in [3.63, 3.8) is 0 Å². The highest BCUT2D eigenvalue weighted by molar-refractivity contribution is 6.33. The summed E-state index contributed by atoms with van der Waals surface area (Å²) in [6.45, 7) is 0. The van der Waals surface area contributed by atoms with Gasteiger partial charge < -0.3 is 9.52 Å². The molecule has 0 saturated carbocycles. The summed E-state index contributed by atoms with van der Waals surface area (Å²) in [5.74, 6) is -0.177. The fourth-order valence-electron chi connectivity index (χ4n) is 3.05. The molecule has 31 heavy (non-hydrogen) atoms. The maximum atomic E-state index is 11.6. The number of furan rings is 1. The molecular formula is C22H12Cl2N2O5. The van der Waals surface area contributed by atoms with Crippen LogP contribution in [0.1, 0.15) is 21.8 Å². The number of carboxylic acids is 1. The smallest absolute Gasteiger partial charge is 0.336 e. The number of nitrogens with zero attached hydrogens (tertiary/aromatic N) is 2. The molecule has 9 heteroatoms. The van der Waals surface area contributed by atoms with Crippen LogP contribution in [0.5, 0.6) is 0 Å². The lowest BCUT2D eigenvalue weighted by Gasteiger charge is -2.05. The lowest BCUT2D eigenvalue weighted by atomic mass is 10.1. The number of nitro groups is 1. The van der Waals surface area contributed by atoms with E-state index < -0.39 is 10.9 Å². The summed E-state index contributed by atoms with van der Waals surface area (Å²) < 4.78 is 5.75. The van der Waals surface area contributed by atoms with Crippen LogP contribution in [0.15, 0.2) is 59.0 Å². The molecule has 0 saturated heterocycles. The summed E-state index contributed by atoms with van der Waals surface area (Å²) in [6, 6.07) is 13.8. The Kier molecular flexibility index (Phi) is 5.46. The van der Waals surface area contributed by atoms with Crippen LogP contribution in [0.3, 0.4) is 0 Å². The second kappa shape index (κ2) is 8.22. The molecule has 0 amide bonds. The molecule has 1 N–H and O–H groups in total. The van der Waals surface area contributed by atoms with Crippen LogP contribution < -0.4 is 0 Å². The van der Waals surface area contributed by atoms with Gasteiger partial charge in [0.15, 0.2) is 0 Å². The van der Waals surface area contributed by atoms with E-state index in [1.807, 2.05) is 0 Å². The number of pyridine rings is 1. The molecule has 4 rings (SSSR count). The van der Waals surface area contributed by atoms with E-state index in [4.69, 9.17) is 27.6 Å². The largest absolute Gasteiger partial charge is 0.478 e. The number of halogens is 2. The molecule has 0 unspecified atom stereocenters. The summed E-state index contributed by atoms with van der Waals surface area (Å²) >= 11 is 12.1. The van der Waals surface area contributed by atoms with Crippen LogP contribution in [-0.4, -0.2) is 21.0 Å². The van der Waals surface area contributed by atoms with E-state index in [9.17, 15) is 20.0 Å². The number of rotatable bonds is 5. The third-order valence-corrected chi connectivity index (χ3v) is 5.04. The lowest BCUT2D eigenvalue weighted by Crippen LogP contribution is -2.00. The average Bonchev–Trinajstić information content (AvgIpc) is 3.20. The molecule has 0 aliphatic carbocycles. The van der Waals surface area contributed by atoms with Crippen molar-refractivity contribution in [2.75, 3.05) is 0 Å². The number of benzene rings is 2. The highest BCUT2D eigenvalue weighted by Gasteiger charge is 2.14. The number of carboxylic acid groups (broad SMARTS) is 1. The first-order valence-electron chi connectivity index (χ1n) is 8.87. The average molecular weight is 455 g/mol. The normalized spacial score (nSPS) is 11.3. The first kappa shape index (κ1) is 20.6. The van der Waals surface area contributed by atoms with E-state index in [1.165, 1.54) is 24.3 Å². The number of nitro benzene ring substituents is 1. The minimum Gasteiger partial charge on any atom is -0.478 e. The number of carbonyl (C=O) groups is 1. The fraction of sp³-hybridized carbons (Fsp3) is 0. The number of hydrogen-bond donors (Lipinski definition) is 1. The molecule has 154 valence electrons. The zero-order valence-electron chi connectivity index (χ0n) is 15.6. The summed E-state index contributed by atoms with van der Waals surface area (Å²) in [5, 5.41) is 21.4. The van der Waals surface area contributed by atoms with Crippen LogP contribution >= 0.6 is 23.2 Å². The number of hydrogen-bond acceptors (Lipinski definition) is 5. The van der Waals surface area contributed by atoms with Crippen molar-refractivity contribution in [2.45, 2.75) is 0 Å². The van der Waals surface area contributed by atoms with Crippen LogP contribution in [0.2, 0.25) is 10.0 Å². The SMILES string of the molecule is O=C(O)c1cc(/C=C/c2ccc(-c3ccc([N+](=O)[O-])cc3Cl)o2)nc2ccc(Cl)cc12. The van der Waals surface area contributed by atoms with Gasteiger partial charge in [-0.25, -0.2) is 9.78 Å². The number of non-ortho nitro benzene ring substituents is 1. The van der Waals surface area contributed by atoms with E-state index >= 15 is 0 Å². The van der Waals surface area contributed by atoms with E-state index in [-0.39, 0.29) is 16.3 Å². The molecule has 4 aromatic rings. The molecule has 0 atom stereocenters. The van der Waals surface area contributed by atoms with Gasteiger partial charge >= 0.3 is 5.97 Å². The van der Waals surface area contributed by atoms with Gasteiger partial charge in [0.1, 0.15) is 11.5 Å². The summed E-state index contributed by atoms with van der Waals surface area (Å²) in [7, 11) is 0. The van der Waals surface area contributed by atoms with Crippen molar-refractivity contribution in [2.24, 2.45) is 0 Å². The van der Waals surface area contributed by atoms with Crippen molar-refractivity contribution in [3.8, 4) is 11.3 Å². The Morgan fingerprint density at radius 1 is 1.06 bits per heavy atom. The predicted molar refractivity (Wildman–Crippen MR) is 118 cm³/mol. The Hall–Kier alpha value is -3.68. The van der Waals surface area contributed by atoms with Gasteiger partial charge in [0, 0.05) is 28.1 Å². The molecule has 0 aliphatic rings. The minimum absolute atomic E-state index is 0.0879. The highest BCUT2D eigenvalue weighted by atomic mass is 35.5. The Labute approximate surface area is 185 Å². The van der Waals surface area contributed by atoms with Crippen LogP contribution in [0.25, 0.3) is 34.4 Å². The fourth-order valence-corrected chi connectivity index (χ4v) is 3.49. The zero-order valence-corrected chi connectivity index (χ0v) is 17.1. The van der Waals surface area contributed by atoms with Crippen LogP contribution in [0, 0.1) is 10.1 Å². The van der Waals surface area contributed by atoms with E-state index in [1.54, 1.807) is 42.5 Å². The molecule has 0 spiro atoms. The quantitative estimate of drug-likeness (QED) is 0.269. The summed E-state index contributed by atoms with van der Waals surface area (Å²) in [6.07, 6.45) is 3.26. The second-order valence-electron chi connectivity index (χ2n) is 6.52. The molecule has 0 fully saturated rings. The number of aromatic carboxylic acids is 1. The first-order valence-corrected chi connectivity index (χ1v) is 9.63. The van der Waals surface area contributed by atoms with Gasteiger partial charge in [-0.1, -0.05) is 23.2 Å². The monoisotopic (exact) mass is 454 g/mol. The van der Waals surface area contributed by atoms with Gasteiger partial charge in [0.05, 0.1) is 26.7 Å². The summed E-state index contributed by atoms with van der Waals surface area (Å²) in [5.41, 5.74) is 1.42.